The predicted molar refractivity (Wildman–Crippen MR) is 101 cm³/mol. The second kappa shape index (κ2) is 7.26. The van der Waals surface area contributed by atoms with E-state index in [1.807, 2.05) is 35.7 Å². The molecule has 2 amide bonds. The molecule has 0 saturated carbocycles. The van der Waals surface area contributed by atoms with Gasteiger partial charge in [0.05, 0.1) is 22.4 Å². The standard InChI is InChI=1S/C21H19N3O4/c1-2-3-10-24-19(25)16-8-7-14(11-17(16)20(24)26)21(27)28-13-15-12-23-9-5-4-6-18(23)22-15/h4-9,11-12H,2-3,10,13H2,1H3. The Morgan fingerprint density at radius 2 is 1.93 bits per heavy atom. The second-order valence-corrected chi connectivity index (χ2v) is 6.65. The summed E-state index contributed by atoms with van der Waals surface area (Å²) in [6.45, 7) is 2.40. The molecule has 0 N–H and O–H groups in total. The van der Waals surface area contributed by atoms with Gasteiger partial charge in [-0.1, -0.05) is 19.4 Å². The summed E-state index contributed by atoms with van der Waals surface area (Å²) in [5.74, 6) is -1.23. The van der Waals surface area contributed by atoms with Gasteiger partial charge in [-0.2, -0.15) is 0 Å². The highest BCUT2D eigenvalue weighted by atomic mass is 16.5. The molecule has 1 aromatic carbocycles. The van der Waals surface area contributed by atoms with Crippen molar-refractivity contribution in [3.63, 3.8) is 0 Å². The van der Waals surface area contributed by atoms with E-state index in [1.165, 1.54) is 23.1 Å². The predicted octanol–water partition coefficient (Wildman–Crippen LogP) is 3.09. The summed E-state index contributed by atoms with van der Waals surface area (Å²) in [7, 11) is 0. The number of hydrogen-bond donors (Lipinski definition) is 0. The summed E-state index contributed by atoms with van der Waals surface area (Å²) in [4.78, 5) is 42.9. The van der Waals surface area contributed by atoms with Crippen LogP contribution >= 0.6 is 0 Å². The van der Waals surface area contributed by atoms with Gasteiger partial charge in [0.25, 0.3) is 11.8 Å². The molecule has 3 aromatic rings. The van der Waals surface area contributed by atoms with Crippen molar-refractivity contribution in [2.75, 3.05) is 6.54 Å². The Bertz CT molecular complexity index is 1050. The lowest BCUT2D eigenvalue weighted by molar-refractivity contribution is 0.0468. The first-order valence-corrected chi connectivity index (χ1v) is 9.18. The fourth-order valence-corrected chi connectivity index (χ4v) is 3.22. The molecule has 2 aromatic heterocycles. The number of unbranched alkanes of at least 4 members (excludes halogenated alkanes) is 1. The molecule has 4 rings (SSSR count). The number of nitrogens with zero attached hydrogens (tertiary/aromatic N) is 3. The van der Waals surface area contributed by atoms with Crippen molar-refractivity contribution < 1.29 is 19.1 Å². The number of carbonyl (C=O) groups excluding carboxylic acids is 3. The Hall–Kier alpha value is -3.48. The molecule has 0 bridgehead atoms. The average Bonchev–Trinajstić information content (AvgIpc) is 3.23. The lowest BCUT2D eigenvalue weighted by atomic mass is 10.1. The van der Waals surface area contributed by atoms with Crippen LogP contribution in [0.3, 0.4) is 0 Å². The van der Waals surface area contributed by atoms with E-state index in [-0.39, 0.29) is 29.5 Å². The zero-order valence-electron chi connectivity index (χ0n) is 15.4. The minimum Gasteiger partial charge on any atom is -0.456 e. The van der Waals surface area contributed by atoms with Gasteiger partial charge in [0.15, 0.2) is 0 Å². The van der Waals surface area contributed by atoms with E-state index < -0.39 is 5.97 Å². The minimum absolute atomic E-state index is 0.0209. The van der Waals surface area contributed by atoms with Crippen molar-refractivity contribution in [2.45, 2.75) is 26.4 Å². The molecule has 142 valence electrons. The van der Waals surface area contributed by atoms with Crippen LogP contribution in [0.4, 0.5) is 0 Å². The molecule has 1 aliphatic heterocycles. The van der Waals surface area contributed by atoms with E-state index in [0.29, 0.717) is 17.8 Å². The molecule has 0 atom stereocenters. The molecular weight excluding hydrogens is 358 g/mol. The molecule has 7 nitrogen and oxygen atoms in total. The third-order valence-corrected chi connectivity index (χ3v) is 4.71. The van der Waals surface area contributed by atoms with Crippen LogP contribution in [0.5, 0.6) is 0 Å². The van der Waals surface area contributed by atoms with Crippen LogP contribution in [0.1, 0.15) is 56.5 Å². The van der Waals surface area contributed by atoms with Crippen molar-refractivity contribution in [1.29, 1.82) is 0 Å². The summed E-state index contributed by atoms with van der Waals surface area (Å²) in [5, 5.41) is 0. The van der Waals surface area contributed by atoms with Crippen molar-refractivity contribution in [3.8, 4) is 0 Å². The molecule has 7 heteroatoms. The number of amides is 2. The van der Waals surface area contributed by atoms with Gasteiger partial charge in [-0.3, -0.25) is 14.5 Å². The lowest BCUT2D eigenvalue weighted by Crippen LogP contribution is -2.30. The molecule has 28 heavy (non-hydrogen) atoms. The summed E-state index contributed by atoms with van der Waals surface area (Å²) in [5.41, 5.74) is 2.21. The average molecular weight is 377 g/mol. The number of hydrogen-bond acceptors (Lipinski definition) is 5. The van der Waals surface area contributed by atoms with Crippen LogP contribution < -0.4 is 0 Å². The third kappa shape index (κ3) is 3.15. The van der Waals surface area contributed by atoms with Gasteiger partial charge in [0.1, 0.15) is 12.3 Å². The zero-order valence-corrected chi connectivity index (χ0v) is 15.4. The summed E-state index contributed by atoms with van der Waals surface area (Å²) >= 11 is 0. The number of esters is 1. The van der Waals surface area contributed by atoms with Gasteiger partial charge in [-0.15, -0.1) is 0 Å². The van der Waals surface area contributed by atoms with Gasteiger partial charge < -0.3 is 9.14 Å². The Morgan fingerprint density at radius 1 is 1.11 bits per heavy atom. The maximum absolute atomic E-state index is 12.5. The Balaban J connectivity index is 1.48. The minimum atomic E-state index is -0.563. The molecular formula is C21H19N3O4. The quantitative estimate of drug-likeness (QED) is 0.487. The maximum Gasteiger partial charge on any atom is 0.338 e. The second-order valence-electron chi connectivity index (χ2n) is 6.65. The monoisotopic (exact) mass is 377 g/mol. The van der Waals surface area contributed by atoms with E-state index >= 15 is 0 Å². The topological polar surface area (TPSA) is 81.0 Å². The van der Waals surface area contributed by atoms with E-state index in [9.17, 15) is 14.4 Å². The van der Waals surface area contributed by atoms with Crippen LogP contribution in [0.2, 0.25) is 0 Å². The number of aromatic nitrogens is 2. The molecule has 0 radical (unpaired) electrons. The highest BCUT2D eigenvalue weighted by Gasteiger charge is 2.35. The first kappa shape index (κ1) is 17.9. The van der Waals surface area contributed by atoms with Crippen molar-refractivity contribution in [1.82, 2.24) is 14.3 Å². The number of carbonyl (C=O) groups is 3. The fourth-order valence-electron chi connectivity index (χ4n) is 3.22. The molecule has 0 fully saturated rings. The highest BCUT2D eigenvalue weighted by molar-refractivity contribution is 6.21. The molecule has 0 aliphatic carbocycles. The van der Waals surface area contributed by atoms with Crippen LogP contribution in [0.25, 0.3) is 5.65 Å². The number of pyridine rings is 1. The Kier molecular flexibility index (Phi) is 4.65. The smallest absolute Gasteiger partial charge is 0.338 e. The largest absolute Gasteiger partial charge is 0.456 e. The van der Waals surface area contributed by atoms with Gasteiger partial charge in [-0.05, 0) is 36.8 Å². The van der Waals surface area contributed by atoms with Gasteiger partial charge in [-0.25, -0.2) is 9.78 Å². The Morgan fingerprint density at radius 3 is 2.71 bits per heavy atom. The number of imidazole rings is 1. The number of benzene rings is 1. The highest BCUT2D eigenvalue weighted by Crippen LogP contribution is 2.25. The fraction of sp³-hybridized carbons (Fsp3) is 0.238. The van der Waals surface area contributed by atoms with Gasteiger partial charge in [0.2, 0.25) is 0 Å². The number of fused-ring (bicyclic) bond motifs is 2. The first-order chi connectivity index (χ1) is 13.6. The van der Waals surface area contributed by atoms with E-state index in [1.54, 1.807) is 6.20 Å². The van der Waals surface area contributed by atoms with E-state index in [2.05, 4.69) is 4.98 Å². The van der Waals surface area contributed by atoms with E-state index in [4.69, 9.17) is 4.74 Å². The third-order valence-electron chi connectivity index (χ3n) is 4.71. The number of imide groups is 1. The first-order valence-electron chi connectivity index (χ1n) is 9.18. The van der Waals surface area contributed by atoms with Crippen LogP contribution in [-0.2, 0) is 11.3 Å². The van der Waals surface area contributed by atoms with Crippen LogP contribution in [0, 0.1) is 0 Å². The molecule has 0 unspecified atom stereocenters. The van der Waals surface area contributed by atoms with Gasteiger partial charge >= 0.3 is 5.97 Å². The van der Waals surface area contributed by atoms with Crippen molar-refractivity contribution >= 4 is 23.4 Å². The summed E-state index contributed by atoms with van der Waals surface area (Å²) in [6.07, 6.45) is 5.29. The molecule has 1 aliphatic rings. The molecule has 0 spiro atoms. The molecule has 0 saturated heterocycles. The lowest BCUT2D eigenvalue weighted by Gasteiger charge is -2.12. The van der Waals surface area contributed by atoms with Crippen LogP contribution in [0.15, 0.2) is 48.8 Å². The normalized spacial score (nSPS) is 13.2. The SMILES string of the molecule is CCCCN1C(=O)c2ccc(C(=O)OCc3cn4ccccc4n3)cc2C1=O. The summed E-state index contributed by atoms with van der Waals surface area (Å²) < 4.78 is 7.17. The van der Waals surface area contributed by atoms with Crippen molar-refractivity contribution in [2.24, 2.45) is 0 Å². The number of rotatable bonds is 6. The molecule has 3 heterocycles. The van der Waals surface area contributed by atoms with Crippen molar-refractivity contribution in [3.05, 3.63) is 71.2 Å². The van der Waals surface area contributed by atoms with E-state index in [0.717, 1.165) is 18.5 Å². The zero-order chi connectivity index (χ0) is 19.7. The van der Waals surface area contributed by atoms with Crippen LogP contribution in [-0.4, -0.2) is 38.6 Å². The van der Waals surface area contributed by atoms with Gasteiger partial charge in [0, 0.05) is 18.9 Å². The maximum atomic E-state index is 12.5. The Labute approximate surface area is 161 Å². The summed E-state index contributed by atoms with van der Waals surface area (Å²) in [6, 6.07) is 10.1. The number of ether oxygens (including phenoxy) is 1.